The van der Waals surface area contributed by atoms with Gasteiger partial charge >= 0.3 is 5.97 Å². The van der Waals surface area contributed by atoms with Gasteiger partial charge in [-0.25, -0.2) is 9.18 Å². The second kappa shape index (κ2) is 9.71. The Morgan fingerprint density at radius 1 is 1.03 bits per heavy atom. The summed E-state index contributed by atoms with van der Waals surface area (Å²) in [5, 5.41) is 9.03. The summed E-state index contributed by atoms with van der Waals surface area (Å²) < 4.78 is 14.5. The van der Waals surface area contributed by atoms with E-state index in [2.05, 4.69) is 4.90 Å². The number of nitrogens with zero attached hydrogens (tertiary/aromatic N) is 3. The SMILES string of the molecule is CCN(CC)C(=O)C(c1ccccc1)N1CCN(c2ccc(C(=O)O)cc2F)CC1. The summed E-state index contributed by atoms with van der Waals surface area (Å²) in [5.41, 5.74) is 1.29. The molecule has 6 nitrogen and oxygen atoms in total. The highest BCUT2D eigenvalue weighted by Gasteiger charge is 2.33. The summed E-state index contributed by atoms with van der Waals surface area (Å²) >= 11 is 0. The molecule has 0 aromatic heterocycles. The number of piperazine rings is 1. The van der Waals surface area contributed by atoms with Gasteiger partial charge in [-0.3, -0.25) is 9.69 Å². The highest BCUT2D eigenvalue weighted by atomic mass is 19.1. The quantitative estimate of drug-likeness (QED) is 0.755. The standard InChI is InChI=1S/C23H28FN3O3/c1-3-25(4-2)22(28)21(17-8-6-5-7-9-17)27-14-12-26(13-15-27)20-11-10-18(23(29)30)16-19(20)24/h5-11,16,21H,3-4,12-15H2,1-2H3,(H,29,30). The molecule has 1 heterocycles. The van der Waals surface area contributed by atoms with Crippen LogP contribution in [0.25, 0.3) is 0 Å². The van der Waals surface area contributed by atoms with E-state index in [1.54, 1.807) is 0 Å². The summed E-state index contributed by atoms with van der Waals surface area (Å²) in [5.74, 6) is -1.61. The molecule has 0 bridgehead atoms. The fourth-order valence-electron chi connectivity index (χ4n) is 3.97. The Hall–Kier alpha value is -2.93. The Bertz CT molecular complexity index is 879. The van der Waals surface area contributed by atoms with E-state index in [4.69, 9.17) is 5.11 Å². The average molecular weight is 413 g/mol. The van der Waals surface area contributed by atoms with Gasteiger partial charge in [-0.2, -0.15) is 0 Å². The fraction of sp³-hybridized carbons (Fsp3) is 0.391. The van der Waals surface area contributed by atoms with Crippen molar-refractivity contribution in [1.29, 1.82) is 0 Å². The minimum atomic E-state index is -1.15. The summed E-state index contributed by atoms with van der Waals surface area (Å²) in [4.78, 5) is 30.2. The number of carboxylic acid groups (broad SMARTS) is 1. The second-order valence-corrected chi connectivity index (χ2v) is 7.32. The molecular weight excluding hydrogens is 385 g/mol. The first-order valence-electron chi connectivity index (χ1n) is 10.3. The van der Waals surface area contributed by atoms with E-state index in [1.165, 1.54) is 12.1 Å². The number of benzene rings is 2. The molecule has 0 aliphatic carbocycles. The third-order valence-electron chi connectivity index (χ3n) is 5.64. The Kier molecular flexibility index (Phi) is 7.05. The van der Waals surface area contributed by atoms with Crippen LogP contribution < -0.4 is 4.90 Å². The number of aromatic carboxylic acids is 1. The van der Waals surface area contributed by atoms with Crippen molar-refractivity contribution in [3.05, 3.63) is 65.5 Å². The van der Waals surface area contributed by atoms with Crippen LogP contribution >= 0.6 is 0 Å². The van der Waals surface area contributed by atoms with Gasteiger partial charge in [0.15, 0.2) is 0 Å². The topological polar surface area (TPSA) is 64.1 Å². The van der Waals surface area contributed by atoms with E-state index in [0.717, 1.165) is 11.6 Å². The number of hydrogen-bond donors (Lipinski definition) is 1. The lowest BCUT2D eigenvalue weighted by Crippen LogP contribution is -2.52. The van der Waals surface area contributed by atoms with Crippen molar-refractivity contribution in [2.45, 2.75) is 19.9 Å². The molecule has 1 aliphatic rings. The van der Waals surface area contributed by atoms with Crippen molar-refractivity contribution < 1.29 is 19.1 Å². The number of likely N-dealkylation sites (N-methyl/N-ethyl adjacent to an activating group) is 1. The molecular formula is C23H28FN3O3. The summed E-state index contributed by atoms with van der Waals surface area (Å²) in [7, 11) is 0. The van der Waals surface area contributed by atoms with Gasteiger partial charge in [0.1, 0.15) is 11.9 Å². The summed E-state index contributed by atoms with van der Waals surface area (Å²) in [6.07, 6.45) is 0. The van der Waals surface area contributed by atoms with E-state index in [0.29, 0.717) is 45.0 Å². The summed E-state index contributed by atoms with van der Waals surface area (Å²) in [6.45, 7) is 7.57. The molecule has 0 saturated carbocycles. The molecule has 2 aromatic carbocycles. The Labute approximate surface area is 176 Å². The van der Waals surface area contributed by atoms with Crippen LogP contribution in [0.1, 0.15) is 35.8 Å². The first-order valence-corrected chi connectivity index (χ1v) is 10.3. The predicted molar refractivity (Wildman–Crippen MR) is 114 cm³/mol. The number of carbonyl (C=O) groups excluding carboxylic acids is 1. The minimum Gasteiger partial charge on any atom is -0.478 e. The molecule has 7 heteroatoms. The number of halogens is 1. The molecule has 1 N–H and O–H groups in total. The molecule has 1 atom stereocenters. The lowest BCUT2D eigenvalue weighted by Gasteiger charge is -2.41. The zero-order chi connectivity index (χ0) is 21.7. The lowest BCUT2D eigenvalue weighted by molar-refractivity contribution is -0.137. The van der Waals surface area contributed by atoms with Crippen LogP contribution in [0.15, 0.2) is 48.5 Å². The monoisotopic (exact) mass is 413 g/mol. The second-order valence-electron chi connectivity index (χ2n) is 7.32. The molecule has 1 amide bonds. The van der Waals surface area contributed by atoms with Crippen LogP contribution in [0.5, 0.6) is 0 Å². The fourth-order valence-corrected chi connectivity index (χ4v) is 3.97. The maximum atomic E-state index is 14.5. The van der Waals surface area contributed by atoms with Crippen molar-refractivity contribution >= 4 is 17.6 Å². The molecule has 1 aliphatic heterocycles. The van der Waals surface area contributed by atoms with Crippen LogP contribution in [-0.2, 0) is 4.79 Å². The first-order chi connectivity index (χ1) is 14.5. The number of carboxylic acids is 1. The first kappa shape index (κ1) is 21.8. The van der Waals surface area contributed by atoms with Gasteiger partial charge in [-0.1, -0.05) is 30.3 Å². The van der Waals surface area contributed by atoms with Gasteiger partial charge in [-0.15, -0.1) is 0 Å². The molecule has 0 radical (unpaired) electrons. The highest BCUT2D eigenvalue weighted by Crippen LogP contribution is 2.27. The molecule has 2 aromatic rings. The number of hydrogen-bond acceptors (Lipinski definition) is 4. The van der Waals surface area contributed by atoms with Crippen LogP contribution in [-0.4, -0.2) is 66.1 Å². The predicted octanol–water partition coefficient (Wildman–Crippen LogP) is 3.26. The van der Waals surface area contributed by atoms with E-state index < -0.39 is 11.8 Å². The van der Waals surface area contributed by atoms with Gasteiger partial charge in [0.05, 0.1) is 11.3 Å². The zero-order valence-corrected chi connectivity index (χ0v) is 17.4. The number of rotatable bonds is 7. The number of carbonyl (C=O) groups is 2. The summed E-state index contributed by atoms with van der Waals surface area (Å²) in [6, 6.07) is 13.4. The Morgan fingerprint density at radius 3 is 2.20 bits per heavy atom. The third-order valence-corrected chi connectivity index (χ3v) is 5.64. The Morgan fingerprint density at radius 2 is 1.67 bits per heavy atom. The zero-order valence-electron chi connectivity index (χ0n) is 17.4. The number of amides is 1. The van der Waals surface area contributed by atoms with E-state index in [1.807, 2.05) is 54.0 Å². The lowest BCUT2D eigenvalue weighted by atomic mass is 10.0. The van der Waals surface area contributed by atoms with Crippen molar-refractivity contribution in [2.75, 3.05) is 44.2 Å². The van der Waals surface area contributed by atoms with Crippen LogP contribution in [0, 0.1) is 5.82 Å². The molecule has 30 heavy (non-hydrogen) atoms. The maximum Gasteiger partial charge on any atom is 0.335 e. The maximum absolute atomic E-state index is 14.5. The van der Waals surface area contributed by atoms with Gasteiger partial charge < -0.3 is 14.9 Å². The van der Waals surface area contributed by atoms with Crippen molar-refractivity contribution in [3.8, 4) is 0 Å². The molecule has 1 saturated heterocycles. The van der Waals surface area contributed by atoms with Gasteiger partial charge in [0.2, 0.25) is 5.91 Å². The molecule has 1 fully saturated rings. The Balaban J connectivity index is 1.78. The van der Waals surface area contributed by atoms with Crippen LogP contribution in [0.3, 0.4) is 0 Å². The van der Waals surface area contributed by atoms with E-state index >= 15 is 0 Å². The largest absolute Gasteiger partial charge is 0.478 e. The van der Waals surface area contributed by atoms with Crippen LogP contribution in [0.4, 0.5) is 10.1 Å². The molecule has 1 unspecified atom stereocenters. The van der Waals surface area contributed by atoms with Gasteiger partial charge in [0.25, 0.3) is 0 Å². The number of anilines is 1. The smallest absolute Gasteiger partial charge is 0.335 e. The molecule has 160 valence electrons. The van der Waals surface area contributed by atoms with E-state index in [9.17, 15) is 14.0 Å². The third kappa shape index (κ3) is 4.62. The van der Waals surface area contributed by atoms with Gasteiger partial charge in [-0.05, 0) is 37.6 Å². The molecule has 0 spiro atoms. The highest BCUT2D eigenvalue weighted by molar-refractivity contribution is 5.88. The van der Waals surface area contributed by atoms with Gasteiger partial charge in [0, 0.05) is 39.3 Å². The van der Waals surface area contributed by atoms with Crippen LogP contribution in [0.2, 0.25) is 0 Å². The minimum absolute atomic E-state index is 0.0659. The molecule has 3 rings (SSSR count). The normalized spacial score (nSPS) is 15.6. The van der Waals surface area contributed by atoms with Crippen molar-refractivity contribution in [3.63, 3.8) is 0 Å². The van der Waals surface area contributed by atoms with Crippen molar-refractivity contribution in [2.24, 2.45) is 0 Å². The van der Waals surface area contributed by atoms with Crippen molar-refractivity contribution in [1.82, 2.24) is 9.80 Å². The van der Waals surface area contributed by atoms with E-state index in [-0.39, 0.29) is 17.5 Å². The average Bonchev–Trinajstić information content (AvgIpc) is 2.76.